The third-order valence-electron chi connectivity index (χ3n) is 3.15. The summed E-state index contributed by atoms with van der Waals surface area (Å²) in [7, 11) is 1.74. The summed E-state index contributed by atoms with van der Waals surface area (Å²) >= 11 is 1.93. The molecule has 1 aromatic rings. The molecule has 0 aromatic carbocycles. The molecular weight excluding hydrogens is 220 g/mol. The van der Waals surface area contributed by atoms with E-state index >= 15 is 0 Å². The van der Waals surface area contributed by atoms with Gasteiger partial charge in [0.15, 0.2) is 0 Å². The molecule has 0 amide bonds. The lowest BCUT2D eigenvalue weighted by Gasteiger charge is -2.13. The maximum Gasteiger partial charge on any atom is 0.0554 e. The first-order chi connectivity index (χ1) is 7.85. The van der Waals surface area contributed by atoms with Gasteiger partial charge in [-0.3, -0.25) is 11.3 Å². The fraction of sp³-hybridized carbons (Fsp3) is 0.667. The molecule has 3 nitrogen and oxygen atoms in total. The molecule has 0 saturated heterocycles. The van der Waals surface area contributed by atoms with E-state index < -0.39 is 0 Å². The van der Waals surface area contributed by atoms with Crippen LogP contribution in [0.1, 0.15) is 40.6 Å². The highest BCUT2D eigenvalue weighted by Crippen LogP contribution is 2.34. The van der Waals surface area contributed by atoms with E-state index in [1.807, 2.05) is 11.3 Å². The average Bonchev–Trinajstić information content (AvgIpc) is 2.84. The van der Waals surface area contributed by atoms with Crippen LogP contribution in [-0.4, -0.2) is 13.7 Å². The summed E-state index contributed by atoms with van der Waals surface area (Å²) in [6.07, 6.45) is 5.93. The number of fused-ring (bicyclic) bond motifs is 1. The zero-order valence-electron chi connectivity index (χ0n) is 9.79. The van der Waals surface area contributed by atoms with Crippen LogP contribution < -0.4 is 11.3 Å². The Morgan fingerprint density at radius 3 is 3.12 bits per heavy atom. The van der Waals surface area contributed by atoms with Crippen molar-refractivity contribution in [2.75, 3.05) is 13.7 Å². The molecule has 1 heterocycles. The van der Waals surface area contributed by atoms with Crippen LogP contribution in [0.5, 0.6) is 0 Å². The van der Waals surface area contributed by atoms with Crippen molar-refractivity contribution in [3.05, 3.63) is 21.4 Å². The molecule has 1 aromatic heterocycles. The highest BCUT2D eigenvalue weighted by Gasteiger charge is 2.19. The quantitative estimate of drug-likeness (QED) is 0.455. The van der Waals surface area contributed by atoms with Crippen LogP contribution in [0.25, 0.3) is 0 Å². The van der Waals surface area contributed by atoms with E-state index in [0.717, 1.165) is 19.4 Å². The Hall–Kier alpha value is -0.420. The van der Waals surface area contributed by atoms with Gasteiger partial charge in [0.05, 0.1) is 6.04 Å². The Kier molecular flexibility index (Phi) is 4.35. The molecule has 90 valence electrons. The first-order valence-electron chi connectivity index (χ1n) is 5.91. The zero-order chi connectivity index (χ0) is 11.4. The predicted molar refractivity (Wildman–Crippen MR) is 67.5 cm³/mol. The minimum atomic E-state index is 0.297. The minimum Gasteiger partial charge on any atom is -0.385 e. The topological polar surface area (TPSA) is 47.3 Å². The summed E-state index contributed by atoms with van der Waals surface area (Å²) in [5.74, 6) is 5.62. The number of nitrogens with one attached hydrogen (secondary N) is 1. The fourth-order valence-corrected chi connectivity index (χ4v) is 3.62. The summed E-state index contributed by atoms with van der Waals surface area (Å²) in [6.45, 7) is 0.809. The lowest BCUT2D eigenvalue weighted by atomic mass is 10.1. The molecule has 1 aliphatic rings. The molecule has 2 rings (SSSR count). The van der Waals surface area contributed by atoms with Crippen molar-refractivity contribution in [1.82, 2.24) is 5.43 Å². The van der Waals surface area contributed by atoms with Gasteiger partial charge in [-0.25, -0.2) is 0 Å². The van der Waals surface area contributed by atoms with E-state index in [4.69, 9.17) is 10.6 Å². The van der Waals surface area contributed by atoms with E-state index in [9.17, 15) is 0 Å². The first kappa shape index (κ1) is 12.0. The van der Waals surface area contributed by atoms with Crippen LogP contribution in [0.3, 0.4) is 0 Å². The molecule has 4 heteroatoms. The van der Waals surface area contributed by atoms with Crippen molar-refractivity contribution in [1.29, 1.82) is 0 Å². The molecule has 0 saturated carbocycles. The number of hydrazine groups is 1. The molecule has 0 bridgehead atoms. The Morgan fingerprint density at radius 1 is 1.56 bits per heavy atom. The SMILES string of the molecule is COCCCC(NN)c1cc2c(s1)CCC2. The summed E-state index contributed by atoms with van der Waals surface area (Å²) in [6, 6.07) is 2.63. The van der Waals surface area contributed by atoms with Gasteiger partial charge in [-0.15, -0.1) is 11.3 Å². The molecule has 1 atom stereocenters. The van der Waals surface area contributed by atoms with Gasteiger partial charge in [0, 0.05) is 23.5 Å². The van der Waals surface area contributed by atoms with Crippen LogP contribution in [0, 0.1) is 0 Å². The van der Waals surface area contributed by atoms with Crippen molar-refractivity contribution in [3.63, 3.8) is 0 Å². The smallest absolute Gasteiger partial charge is 0.0554 e. The van der Waals surface area contributed by atoms with Gasteiger partial charge in [-0.2, -0.15) is 0 Å². The minimum absolute atomic E-state index is 0.297. The summed E-state index contributed by atoms with van der Waals surface area (Å²) in [5, 5.41) is 0. The number of hydrogen-bond acceptors (Lipinski definition) is 4. The Balaban J connectivity index is 1.97. The van der Waals surface area contributed by atoms with Gasteiger partial charge in [-0.05, 0) is 43.7 Å². The number of thiophene rings is 1. The van der Waals surface area contributed by atoms with Crippen LogP contribution in [0.2, 0.25) is 0 Å². The van der Waals surface area contributed by atoms with Crippen LogP contribution in [0.4, 0.5) is 0 Å². The Labute approximate surface area is 101 Å². The first-order valence-corrected chi connectivity index (χ1v) is 6.73. The van der Waals surface area contributed by atoms with Gasteiger partial charge < -0.3 is 4.74 Å². The summed E-state index contributed by atoms with van der Waals surface area (Å²) in [5.41, 5.74) is 4.47. The third-order valence-corrected chi connectivity index (χ3v) is 4.50. The van der Waals surface area contributed by atoms with Crippen LogP contribution in [-0.2, 0) is 17.6 Å². The van der Waals surface area contributed by atoms with E-state index in [1.54, 1.807) is 17.6 Å². The Morgan fingerprint density at radius 2 is 2.44 bits per heavy atom. The number of nitrogens with two attached hydrogens (primary N) is 1. The summed E-state index contributed by atoms with van der Waals surface area (Å²) < 4.78 is 5.07. The van der Waals surface area contributed by atoms with Gasteiger partial charge in [-0.1, -0.05) is 0 Å². The molecule has 16 heavy (non-hydrogen) atoms. The summed E-state index contributed by atoms with van der Waals surface area (Å²) in [4.78, 5) is 2.96. The molecule has 3 N–H and O–H groups in total. The highest BCUT2D eigenvalue weighted by molar-refractivity contribution is 7.12. The number of aryl methyl sites for hydroxylation is 2. The second-order valence-electron chi connectivity index (χ2n) is 4.31. The van der Waals surface area contributed by atoms with Crippen molar-refractivity contribution in [2.45, 2.75) is 38.1 Å². The lowest BCUT2D eigenvalue weighted by molar-refractivity contribution is 0.189. The predicted octanol–water partition coefficient (Wildman–Crippen LogP) is 2.17. The molecular formula is C12H20N2OS. The molecule has 0 spiro atoms. The van der Waals surface area contributed by atoms with Crippen molar-refractivity contribution in [3.8, 4) is 0 Å². The molecule has 0 aliphatic heterocycles. The lowest BCUT2D eigenvalue weighted by Crippen LogP contribution is -2.27. The zero-order valence-corrected chi connectivity index (χ0v) is 10.6. The number of methoxy groups -OCH3 is 1. The van der Waals surface area contributed by atoms with Gasteiger partial charge in [0.1, 0.15) is 0 Å². The second-order valence-corrected chi connectivity index (χ2v) is 5.47. The van der Waals surface area contributed by atoms with Gasteiger partial charge >= 0.3 is 0 Å². The number of rotatable bonds is 6. The third kappa shape index (κ3) is 2.63. The largest absolute Gasteiger partial charge is 0.385 e. The van der Waals surface area contributed by atoms with E-state index in [-0.39, 0.29) is 0 Å². The van der Waals surface area contributed by atoms with Crippen molar-refractivity contribution < 1.29 is 4.74 Å². The monoisotopic (exact) mass is 240 g/mol. The standard InChI is InChI=1S/C12H20N2OS/c1-15-7-3-5-10(14-13)12-8-9-4-2-6-11(9)16-12/h8,10,14H,2-7,13H2,1H3. The average molecular weight is 240 g/mol. The van der Waals surface area contributed by atoms with Crippen LogP contribution >= 0.6 is 11.3 Å². The fourth-order valence-electron chi connectivity index (χ4n) is 2.26. The van der Waals surface area contributed by atoms with E-state index in [0.29, 0.717) is 6.04 Å². The number of ether oxygens (including phenoxy) is 1. The normalized spacial score (nSPS) is 16.4. The molecule has 1 unspecified atom stereocenters. The van der Waals surface area contributed by atoms with Gasteiger partial charge in [0.2, 0.25) is 0 Å². The molecule has 0 fully saturated rings. The molecule has 1 aliphatic carbocycles. The second kappa shape index (κ2) is 5.77. The van der Waals surface area contributed by atoms with E-state index in [1.165, 1.54) is 24.1 Å². The number of hydrogen-bond donors (Lipinski definition) is 2. The molecule has 0 radical (unpaired) electrons. The van der Waals surface area contributed by atoms with Crippen molar-refractivity contribution in [2.24, 2.45) is 5.84 Å². The van der Waals surface area contributed by atoms with E-state index in [2.05, 4.69) is 11.5 Å². The van der Waals surface area contributed by atoms with Gasteiger partial charge in [0.25, 0.3) is 0 Å². The van der Waals surface area contributed by atoms with Crippen molar-refractivity contribution >= 4 is 11.3 Å². The maximum absolute atomic E-state index is 5.62. The van der Waals surface area contributed by atoms with Crippen LogP contribution in [0.15, 0.2) is 6.07 Å². The highest BCUT2D eigenvalue weighted by atomic mass is 32.1. The maximum atomic E-state index is 5.62. The Bertz CT molecular complexity index is 316.